The first-order valence-electron chi connectivity index (χ1n) is 11.7. The second-order valence-electron chi connectivity index (χ2n) is 9.02. The van der Waals surface area contributed by atoms with Crippen molar-refractivity contribution in [1.82, 2.24) is 29.2 Å². The van der Waals surface area contributed by atoms with Crippen molar-refractivity contribution < 1.29 is 22.7 Å². The molecular weight excluding hydrogens is 499 g/mol. The Morgan fingerprint density at radius 1 is 1.29 bits per heavy atom. The lowest BCUT2D eigenvalue weighted by atomic mass is 10.1. The van der Waals surface area contributed by atoms with E-state index in [9.17, 15) is 18.0 Å². The summed E-state index contributed by atoms with van der Waals surface area (Å²) >= 11 is 0. The number of aromatic nitrogens is 5. The number of likely N-dealkylation sites (tertiary alicyclic amines) is 1. The minimum absolute atomic E-state index is 0.143. The van der Waals surface area contributed by atoms with Crippen molar-refractivity contribution in [3.8, 4) is 11.8 Å². The van der Waals surface area contributed by atoms with Crippen LogP contribution in [0, 0.1) is 11.8 Å². The summed E-state index contributed by atoms with van der Waals surface area (Å²) in [5, 5.41) is 5.29. The Labute approximate surface area is 215 Å². The summed E-state index contributed by atoms with van der Waals surface area (Å²) in [5.74, 6) is 5.06. The number of hydrogen-bond donors (Lipinski definition) is 1. The highest BCUT2D eigenvalue weighted by Crippen LogP contribution is 2.33. The van der Waals surface area contributed by atoms with E-state index in [1.165, 1.54) is 19.2 Å². The maximum Gasteiger partial charge on any atom is 0.449 e. The molecule has 0 saturated carbocycles. The van der Waals surface area contributed by atoms with E-state index < -0.39 is 12.0 Å². The van der Waals surface area contributed by atoms with Crippen LogP contribution in [0.4, 0.5) is 19.0 Å². The lowest BCUT2D eigenvalue weighted by molar-refractivity contribution is -0.146. The molecule has 9 nitrogen and oxygen atoms in total. The van der Waals surface area contributed by atoms with E-state index >= 15 is 0 Å². The molecule has 3 aromatic heterocycles. The number of methoxy groups -OCH3 is 1. The number of fused-ring (bicyclic) bond motifs is 2. The van der Waals surface area contributed by atoms with Crippen molar-refractivity contribution in [2.45, 2.75) is 24.7 Å². The minimum atomic E-state index is -4.57. The molecule has 4 aromatic rings. The molecule has 0 spiro atoms. The number of pyridine rings is 1. The fraction of sp³-hybridized carbons (Fsp3) is 0.308. The zero-order chi connectivity index (χ0) is 27.2. The van der Waals surface area contributed by atoms with E-state index in [1.807, 2.05) is 0 Å². The van der Waals surface area contributed by atoms with Gasteiger partial charge >= 0.3 is 6.18 Å². The number of alkyl halides is 3. The van der Waals surface area contributed by atoms with Crippen LogP contribution >= 0.6 is 0 Å². The Hall–Kier alpha value is -4.37. The molecule has 38 heavy (non-hydrogen) atoms. The molecule has 2 N–H and O–H groups in total. The zero-order valence-corrected chi connectivity index (χ0v) is 20.7. The lowest BCUT2D eigenvalue weighted by Crippen LogP contribution is -2.37. The Balaban J connectivity index is 1.54. The van der Waals surface area contributed by atoms with Gasteiger partial charge in [-0.1, -0.05) is 12.5 Å². The smallest absolute Gasteiger partial charge is 0.383 e. The quantitative estimate of drug-likeness (QED) is 0.325. The monoisotopic (exact) mass is 523 g/mol. The van der Waals surface area contributed by atoms with E-state index in [2.05, 4.69) is 28.4 Å². The SMILES string of the molecule is C=CC(=O)N1CC(n2nc(C#Cc3ccc4c(c3)nc(C(F)(F)F)n4C)c3c(N)nccc32)C[C@@H]1COC. The van der Waals surface area contributed by atoms with Gasteiger partial charge in [0.25, 0.3) is 0 Å². The number of amides is 1. The molecule has 1 aromatic carbocycles. The highest BCUT2D eigenvalue weighted by Gasteiger charge is 2.37. The summed E-state index contributed by atoms with van der Waals surface area (Å²) in [5.41, 5.74) is 8.28. The third-order valence-electron chi connectivity index (χ3n) is 6.66. The molecule has 0 bridgehead atoms. The van der Waals surface area contributed by atoms with Crippen molar-refractivity contribution in [3.05, 3.63) is 60.2 Å². The van der Waals surface area contributed by atoms with Gasteiger partial charge in [-0.05, 0) is 42.7 Å². The van der Waals surface area contributed by atoms with Crippen LogP contribution in [-0.2, 0) is 22.8 Å². The van der Waals surface area contributed by atoms with Gasteiger partial charge < -0.3 is 19.9 Å². The molecule has 1 amide bonds. The van der Waals surface area contributed by atoms with Gasteiger partial charge in [-0.25, -0.2) is 9.97 Å². The molecule has 0 aliphatic carbocycles. The van der Waals surface area contributed by atoms with Crippen molar-refractivity contribution in [2.24, 2.45) is 7.05 Å². The van der Waals surface area contributed by atoms with E-state index in [0.29, 0.717) is 47.2 Å². The molecule has 12 heteroatoms. The number of carbonyl (C=O) groups excluding carboxylic acids is 1. The largest absolute Gasteiger partial charge is 0.449 e. The van der Waals surface area contributed by atoms with Crippen LogP contribution in [0.2, 0.25) is 0 Å². The first-order valence-corrected chi connectivity index (χ1v) is 11.7. The maximum absolute atomic E-state index is 13.3. The number of halogens is 3. The Morgan fingerprint density at radius 3 is 2.79 bits per heavy atom. The number of ether oxygens (including phenoxy) is 1. The third-order valence-corrected chi connectivity index (χ3v) is 6.66. The fourth-order valence-electron chi connectivity index (χ4n) is 4.95. The van der Waals surface area contributed by atoms with E-state index in [4.69, 9.17) is 15.6 Å². The van der Waals surface area contributed by atoms with Crippen molar-refractivity contribution in [1.29, 1.82) is 0 Å². The van der Waals surface area contributed by atoms with Gasteiger partial charge in [0.15, 0.2) is 0 Å². The number of aryl methyl sites for hydroxylation is 1. The van der Waals surface area contributed by atoms with Gasteiger partial charge in [0.05, 0.1) is 40.6 Å². The van der Waals surface area contributed by atoms with Gasteiger partial charge in [0.2, 0.25) is 11.7 Å². The highest BCUT2D eigenvalue weighted by molar-refractivity contribution is 5.93. The van der Waals surface area contributed by atoms with Gasteiger partial charge in [0.1, 0.15) is 11.5 Å². The molecular formula is C26H24F3N7O2. The van der Waals surface area contributed by atoms with E-state index in [1.54, 1.807) is 41.1 Å². The van der Waals surface area contributed by atoms with Crippen LogP contribution in [0.15, 0.2) is 43.1 Å². The predicted octanol–water partition coefficient (Wildman–Crippen LogP) is 3.29. The Bertz CT molecular complexity index is 1630. The van der Waals surface area contributed by atoms with Crippen LogP contribution in [0.25, 0.3) is 21.9 Å². The number of anilines is 1. The van der Waals surface area contributed by atoms with Gasteiger partial charge in [-0.3, -0.25) is 9.48 Å². The number of hydrogen-bond acceptors (Lipinski definition) is 6. The molecule has 4 heterocycles. The van der Waals surface area contributed by atoms with Gasteiger partial charge in [-0.2, -0.15) is 18.3 Å². The number of carbonyl (C=O) groups is 1. The summed E-state index contributed by atoms with van der Waals surface area (Å²) in [6, 6.07) is 6.16. The highest BCUT2D eigenvalue weighted by atomic mass is 19.4. The number of imidazole rings is 1. The van der Waals surface area contributed by atoms with E-state index in [0.717, 1.165) is 4.57 Å². The summed E-state index contributed by atoms with van der Waals surface area (Å²) in [6.45, 7) is 4.37. The summed E-state index contributed by atoms with van der Waals surface area (Å²) in [4.78, 5) is 22.1. The van der Waals surface area contributed by atoms with Crippen LogP contribution in [0.1, 0.15) is 29.5 Å². The maximum atomic E-state index is 13.3. The summed E-state index contributed by atoms with van der Waals surface area (Å²) in [6.07, 6.45) is -1.10. The van der Waals surface area contributed by atoms with Crippen molar-refractivity contribution in [3.63, 3.8) is 0 Å². The molecule has 196 valence electrons. The zero-order valence-electron chi connectivity index (χ0n) is 20.7. The van der Waals surface area contributed by atoms with Crippen LogP contribution in [-0.4, -0.2) is 61.4 Å². The lowest BCUT2D eigenvalue weighted by Gasteiger charge is -2.22. The van der Waals surface area contributed by atoms with Crippen molar-refractivity contribution in [2.75, 3.05) is 26.0 Å². The normalized spacial score (nSPS) is 17.7. The van der Waals surface area contributed by atoms with Crippen LogP contribution in [0.5, 0.6) is 0 Å². The molecule has 1 fully saturated rings. The predicted molar refractivity (Wildman–Crippen MR) is 135 cm³/mol. The van der Waals surface area contributed by atoms with Gasteiger partial charge in [-0.15, -0.1) is 0 Å². The topological polar surface area (TPSA) is 104 Å². The molecule has 0 radical (unpaired) electrons. The molecule has 1 unspecified atom stereocenters. The van der Waals surface area contributed by atoms with Crippen LogP contribution < -0.4 is 5.73 Å². The Morgan fingerprint density at radius 2 is 2.08 bits per heavy atom. The second-order valence-corrected chi connectivity index (χ2v) is 9.02. The number of rotatable bonds is 4. The van der Waals surface area contributed by atoms with Crippen molar-refractivity contribution >= 4 is 33.7 Å². The second kappa shape index (κ2) is 9.50. The molecule has 2 atom stereocenters. The molecule has 1 aliphatic rings. The number of nitrogens with two attached hydrogens (primary N) is 1. The minimum Gasteiger partial charge on any atom is -0.383 e. The summed E-state index contributed by atoms with van der Waals surface area (Å²) in [7, 11) is 2.90. The van der Waals surface area contributed by atoms with E-state index in [-0.39, 0.29) is 29.3 Å². The number of nitrogens with zero attached hydrogens (tertiary/aromatic N) is 6. The van der Waals surface area contributed by atoms with Crippen LogP contribution in [0.3, 0.4) is 0 Å². The average Bonchev–Trinajstić information content (AvgIpc) is 3.56. The number of benzene rings is 1. The third kappa shape index (κ3) is 4.35. The average molecular weight is 524 g/mol. The molecule has 5 rings (SSSR count). The summed E-state index contributed by atoms with van der Waals surface area (Å²) < 4.78 is 47.9. The molecule has 1 saturated heterocycles. The van der Waals surface area contributed by atoms with Gasteiger partial charge in [0, 0.05) is 32.5 Å². The first kappa shape index (κ1) is 25.3. The number of nitrogen functional groups attached to an aromatic ring is 1. The fourth-order valence-corrected chi connectivity index (χ4v) is 4.95. The first-order chi connectivity index (χ1) is 18.1. The standard InChI is InChI=1S/C26H24F3N7O2/c1-4-22(37)35-13-16(12-17(35)14-38-3)36-21-9-10-31-24(30)23(21)18(33-36)7-5-15-6-8-20-19(11-15)32-25(34(20)2)26(27,28)29/h4,6,8-11,16-17H,1,12-14H2,2-3H3,(H2,30,31)/t16?,17-/m1/s1. The molecule has 1 aliphatic heterocycles. The Kier molecular flexibility index (Phi) is 6.32.